The number of rotatable bonds is 4. The molecule has 0 amide bonds. The molecule has 1 aromatic carbocycles. The van der Waals surface area contributed by atoms with E-state index in [1.54, 1.807) is 7.11 Å². The first-order valence-electron chi connectivity index (χ1n) is 10.9. The van der Waals surface area contributed by atoms with Crippen LogP contribution in [0.2, 0.25) is 0 Å². The summed E-state index contributed by atoms with van der Waals surface area (Å²) in [5, 5.41) is 0. The number of hydrogen-bond acceptors (Lipinski definition) is 6. The van der Waals surface area contributed by atoms with Gasteiger partial charge >= 0.3 is 0 Å². The molecule has 0 unspecified atom stereocenters. The van der Waals surface area contributed by atoms with E-state index in [-0.39, 0.29) is 18.1 Å². The normalized spacial score (nSPS) is 46.1. The van der Waals surface area contributed by atoms with Gasteiger partial charge < -0.3 is 18.9 Å². The van der Waals surface area contributed by atoms with E-state index < -0.39 is 17.7 Å². The molecule has 4 heterocycles. The zero-order valence-corrected chi connectivity index (χ0v) is 17.8. The minimum absolute atomic E-state index is 0.189. The maximum atomic E-state index is 6.45. The lowest BCUT2D eigenvalue weighted by molar-refractivity contribution is -0.577. The van der Waals surface area contributed by atoms with Crippen LogP contribution in [0, 0.1) is 23.7 Å². The Labute approximate surface area is 172 Å². The second kappa shape index (κ2) is 7.20. The van der Waals surface area contributed by atoms with Crippen LogP contribution in [0.3, 0.4) is 0 Å². The molecule has 6 rings (SSSR count). The van der Waals surface area contributed by atoms with Gasteiger partial charge in [0, 0.05) is 18.3 Å². The van der Waals surface area contributed by atoms with Crippen molar-refractivity contribution in [2.24, 2.45) is 23.7 Å². The molecule has 29 heavy (non-hydrogen) atoms. The molecular formula is C23H32O6. The Balaban J connectivity index is 1.38. The minimum Gasteiger partial charge on any atom is -0.497 e. The van der Waals surface area contributed by atoms with Crippen LogP contribution < -0.4 is 4.74 Å². The van der Waals surface area contributed by atoms with Crippen LogP contribution in [0.5, 0.6) is 5.75 Å². The van der Waals surface area contributed by atoms with Crippen molar-refractivity contribution < 1.29 is 28.7 Å². The fourth-order valence-electron chi connectivity index (χ4n) is 5.96. The van der Waals surface area contributed by atoms with Gasteiger partial charge in [-0.1, -0.05) is 26.0 Å². The molecule has 4 saturated heterocycles. The second-order valence-corrected chi connectivity index (χ2v) is 9.43. The van der Waals surface area contributed by atoms with Gasteiger partial charge in [-0.05, 0) is 55.7 Å². The fourth-order valence-corrected chi connectivity index (χ4v) is 5.96. The maximum absolute atomic E-state index is 6.45. The molecule has 8 atom stereocenters. The van der Waals surface area contributed by atoms with Crippen LogP contribution in [0.4, 0.5) is 0 Å². The van der Waals surface area contributed by atoms with Gasteiger partial charge in [-0.2, -0.15) is 0 Å². The third-order valence-electron chi connectivity index (χ3n) is 7.67. The van der Waals surface area contributed by atoms with Gasteiger partial charge in [0.05, 0.1) is 13.7 Å². The van der Waals surface area contributed by atoms with Crippen LogP contribution >= 0.6 is 0 Å². The molecule has 0 aromatic heterocycles. The van der Waals surface area contributed by atoms with E-state index in [0.717, 1.165) is 30.6 Å². The summed E-state index contributed by atoms with van der Waals surface area (Å²) in [6.45, 7) is 6.97. The van der Waals surface area contributed by atoms with E-state index in [9.17, 15) is 0 Å². The molecule has 5 aliphatic rings. The lowest BCUT2D eigenvalue weighted by Gasteiger charge is -2.60. The summed E-state index contributed by atoms with van der Waals surface area (Å²) in [6, 6.07) is 7.94. The highest BCUT2D eigenvalue weighted by atomic mass is 17.3. The highest BCUT2D eigenvalue weighted by molar-refractivity contribution is 5.26. The Morgan fingerprint density at radius 2 is 1.83 bits per heavy atom. The third-order valence-corrected chi connectivity index (χ3v) is 7.67. The van der Waals surface area contributed by atoms with Gasteiger partial charge in [-0.15, -0.1) is 0 Å². The summed E-state index contributed by atoms with van der Waals surface area (Å²) in [7, 11) is 1.67. The zero-order chi connectivity index (χ0) is 20.2. The van der Waals surface area contributed by atoms with Gasteiger partial charge in [0.25, 0.3) is 0 Å². The quantitative estimate of drug-likeness (QED) is 0.693. The van der Waals surface area contributed by atoms with E-state index in [0.29, 0.717) is 18.4 Å². The van der Waals surface area contributed by atoms with Crippen LogP contribution in [0.1, 0.15) is 52.0 Å². The molecule has 1 aliphatic carbocycles. The summed E-state index contributed by atoms with van der Waals surface area (Å²) >= 11 is 0. The molecule has 1 saturated carbocycles. The van der Waals surface area contributed by atoms with Crippen molar-refractivity contribution in [3.05, 3.63) is 29.8 Å². The van der Waals surface area contributed by atoms with Crippen molar-refractivity contribution in [2.75, 3.05) is 7.11 Å². The Hall–Kier alpha value is -1.18. The smallest absolute Gasteiger partial charge is 0.201 e. The number of fused-ring (bicyclic) bond motifs is 2. The maximum Gasteiger partial charge on any atom is 0.201 e. The molecule has 0 N–H and O–H groups in total. The largest absolute Gasteiger partial charge is 0.497 e. The SMILES string of the molecule is COc1ccc(CO[C@H]2O[C@@H]3O[C@]4(C)CC[C@H]5[C@H](C)CC[C@@H]([C@H]2C)[C@@]35OO4)cc1. The van der Waals surface area contributed by atoms with Gasteiger partial charge in [-0.3, -0.25) is 0 Å². The fraction of sp³-hybridized carbons (Fsp3) is 0.739. The molecule has 1 spiro atoms. The molecule has 2 bridgehead atoms. The van der Waals surface area contributed by atoms with Crippen molar-refractivity contribution >= 4 is 0 Å². The average Bonchev–Trinajstić information content (AvgIpc) is 2.96. The standard InChI is InChI=1S/C23H32O6/c1-14-5-10-19-15(2)20(25-13-16-6-8-17(24-4)9-7-16)26-21-23(19)18(14)11-12-22(3,27-21)28-29-23/h6-9,14-15,18-21H,5,10-13H2,1-4H3/t14-,15-,18+,19+,20+,21-,22+,23-/m1/s1. The lowest BCUT2D eigenvalue weighted by atomic mass is 9.58. The first-order chi connectivity index (χ1) is 13.9. The number of ether oxygens (including phenoxy) is 4. The highest BCUT2D eigenvalue weighted by Gasteiger charge is 2.69. The van der Waals surface area contributed by atoms with Gasteiger partial charge in [0.15, 0.2) is 18.2 Å². The molecule has 6 heteroatoms. The van der Waals surface area contributed by atoms with E-state index >= 15 is 0 Å². The van der Waals surface area contributed by atoms with Crippen molar-refractivity contribution in [2.45, 2.75) is 77.0 Å². The topological polar surface area (TPSA) is 55.4 Å². The average molecular weight is 405 g/mol. The minimum atomic E-state index is -0.751. The van der Waals surface area contributed by atoms with Gasteiger partial charge in [0.2, 0.25) is 5.79 Å². The molecule has 5 fully saturated rings. The highest BCUT2D eigenvalue weighted by Crippen LogP contribution is 2.60. The number of methoxy groups -OCH3 is 1. The lowest BCUT2D eigenvalue weighted by Crippen LogP contribution is -2.70. The predicted octanol–water partition coefficient (Wildman–Crippen LogP) is 4.42. The molecule has 1 aromatic rings. The number of hydrogen-bond donors (Lipinski definition) is 0. The molecule has 4 aliphatic heterocycles. The summed E-state index contributed by atoms with van der Waals surface area (Å²) in [4.78, 5) is 12.0. The Bertz CT molecular complexity index is 737. The third kappa shape index (κ3) is 3.12. The summed E-state index contributed by atoms with van der Waals surface area (Å²) < 4.78 is 24.3. The summed E-state index contributed by atoms with van der Waals surface area (Å²) in [6.07, 6.45) is 3.33. The molecule has 0 radical (unpaired) electrons. The summed E-state index contributed by atoms with van der Waals surface area (Å²) in [5.41, 5.74) is 0.555. The van der Waals surface area contributed by atoms with Crippen LogP contribution in [0.25, 0.3) is 0 Å². The first-order valence-corrected chi connectivity index (χ1v) is 10.9. The molecule has 6 nitrogen and oxygen atoms in total. The number of benzene rings is 1. The Kier molecular flexibility index (Phi) is 4.91. The molecule has 160 valence electrons. The van der Waals surface area contributed by atoms with E-state index in [2.05, 4.69) is 13.8 Å². The van der Waals surface area contributed by atoms with Crippen molar-refractivity contribution in [3.8, 4) is 5.75 Å². The Morgan fingerprint density at radius 3 is 2.59 bits per heavy atom. The van der Waals surface area contributed by atoms with Crippen molar-refractivity contribution in [1.29, 1.82) is 0 Å². The van der Waals surface area contributed by atoms with E-state index in [4.69, 9.17) is 28.7 Å². The Morgan fingerprint density at radius 1 is 1.03 bits per heavy atom. The van der Waals surface area contributed by atoms with Crippen LogP contribution in [0.15, 0.2) is 24.3 Å². The van der Waals surface area contributed by atoms with Crippen LogP contribution in [-0.4, -0.2) is 31.1 Å². The molecular weight excluding hydrogens is 372 g/mol. The first kappa shape index (κ1) is 19.8. The second-order valence-electron chi connectivity index (χ2n) is 9.43. The van der Waals surface area contributed by atoms with Crippen LogP contribution in [-0.2, 0) is 30.6 Å². The van der Waals surface area contributed by atoms with E-state index in [1.165, 1.54) is 6.42 Å². The van der Waals surface area contributed by atoms with Gasteiger partial charge in [0.1, 0.15) is 5.75 Å². The zero-order valence-electron chi connectivity index (χ0n) is 17.8. The van der Waals surface area contributed by atoms with E-state index in [1.807, 2.05) is 31.2 Å². The predicted molar refractivity (Wildman–Crippen MR) is 105 cm³/mol. The monoisotopic (exact) mass is 404 g/mol. The summed E-state index contributed by atoms with van der Waals surface area (Å²) in [5.74, 6) is 1.50. The van der Waals surface area contributed by atoms with Crippen molar-refractivity contribution in [1.82, 2.24) is 0 Å². The van der Waals surface area contributed by atoms with Crippen molar-refractivity contribution in [3.63, 3.8) is 0 Å². The van der Waals surface area contributed by atoms with Gasteiger partial charge in [-0.25, -0.2) is 9.78 Å².